The molecule has 2 unspecified atom stereocenters. The van der Waals surface area contributed by atoms with Crippen LogP contribution in [-0.2, 0) is 4.79 Å². The van der Waals surface area contributed by atoms with Crippen molar-refractivity contribution >= 4 is 17.5 Å². The number of carbonyl (C=O) groups excluding carboxylic acids is 1. The van der Waals surface area contributed by atoms with E-state index in [1.54, 1.807) is 6.20 Å². The van der Waals surface area contributed by atoms with Crippen LogP contribution in [0.3, 0.4) is 0 Å². The average molecular weight is 330 g/mol. The Kier molecular flexibility index (Phi) is 5.13. The number of amides is 1. The largest absolute Gasteiger partial charge is 0.354 e. The number of benzene rings is 1. The summed E-state index contributed by atoms with van der Waals surface area (Å²) >= 11 is 5.97. The molecule has 0 bridgehead atoms. The summed E-state index contributed by atoms with van der Waals surface area (Å²) in [5.74, 6) is 0.473. The Labute approximate surface area is 141 Å². The molecule has 1 aliphatic rings. The van der Waals surface area contributed by atoms with Crippen LogP contribution in [0.1, 0.15) is 30.9 Å². The molecule has 0 saturated carbocycles. The standard InChI is InChI=1S/C18H20ClN3O/c19-16-8-6-15(7-9-16)17(22-11-3-10-21-22)13-20-18(23)12-14-4-1-2-5-14/h1,3-4,6-11,14,17H,2,5,12-13H2,(H,20,23). The summed E-state index contributed by atoms with van der Waals surface area (Å²) in [6.07, 6.45) is 10.7. The Bertz CT molecular complexity index is 664. The summed E-state index contributed by atoms with van der Waals surface area (Å²) in [6, 6.07) is 9.51. The van der Waals surface area contributed by atoms with Crippen molar-refractivity contribution in [3.8, 4) is 0 Å². The molecule has 5 heteroatoms. The van der Waals surface area contributed by atoms with E-state index < -0.39 is 0 Å². The maximum atomic E-state index is 12.2. The molecule has 4 nitrogen and oxygen atoms in total. The Morgan fingerprint density at radius 3 is 2.87 bits per heavy atom. The highest BCUT2D eigenvalue weighted by molar-refractivity contribution is 6.30. The van der Waals surface area contributed by atoms with Gasteiger partial charge in [0.2, 0.25) is 5.91 Å². The second-order valence-corrected chi connectivity index (χ2v) is 6.26. The molecule has 1 aliphatic carbocycles. The van der Waals surface area contributed by atoms with Gasteiger partial charge in [-0.2, -0.15) is 5.10 Å². The van der Waals surface area contributed by atoms with Crippen LogP contribution in [0.25, 0.3) is 0 Å². The van der Waals surface area contributed by atoms with Gasteiger partial charge in [-0.05, 0) is 42.5 Å². The van der Waals surface area contributed by atoms with Gasteiger partial charge in [-0.3, -0.25) is 9.48 Å². The van der Waals surface area contributed by atoms with E-state index >= 15 is 0 Å². The van der Waals surface area contributed by atoms with Crippen molar-refractivity contribution in [3.05, 3.63) is 65.5 Å². The van der Waals surface area contributed by atoms with Crippen molar-refractivity contribution in [2.75, 3.05) is 6.54 Å². The molecule has 1 aromatic heterocycles. The molecular formula is C18H20ClN3O. The van der Waals surface area contributed by atoms with Gasteiger partial charge in [0.1, 0.15) is 0 Å². The predicted octanol–water partition coefficient (Wildman–Crippen LogP) is 3.60. The SMILES string of the molecule is O=C(CC1C=CCC1)NCC(c1ccc(Cl)cc1)n1cccn1. The molecule has 2 aromatic rings. The van der Waals surface area contributed by atoms with Crippen molar-refractivity contribution in [1.29, 1.82) is 0 Å². The van der Waals surface area contributed by atoms with Crippen molar-refractivity contribution in [3.63, 3.8) is 0 Å². The highest BCUT2D eigenvalue weighted by Crippen LogP contribution is 2.21. The average Bonchev–Trinajstić information content (AvgIpc) is 3.23. The fourth-order valence-corrected chi connectivity index (χ4v) is 3.03. The Balaban J connectivity index is 1.65. The summed E-state index contributed by atoms with van der Waals surface area (Å²) in [5, 5.41) is 8.06. The van der Waals surface area contributed by atoms with Crippen LogP contribution in [0.15, 0.2) is 54.9 Å². The Hall–Kier alpha value is -2.07. The van der Waals surface area contributed by atoms with Crippen molar-refractivity contribution in [2.45, 2.75) is 25.3 Å². The lowest BCUT2D eigenvalue weighted by Crippen LogP contribution is -2.32. The lowest BCUT2D eigenvalue weighted by atomic mass is 10.0. The Morgan fingerprint density at radius 1 is 1.39 bits per heavy atom. The van der Waals surface area contributed by atoms with Crippen molar-refractivity contribution < 1.29 is 4.79 Å². The molecule has 0 radical (unpaired) electrons. The highest BCUT2D eigenvalue weighted by atomic mass is 35.5. The number of carbonyl (C=O) groups is 1. The van der Waals surface area contributed by atoms with E-state index in [2.05, 4.69) is 22.6 Å². The van der Waals surface area contributed by atoms with E-state index in [-0.39, 0.29) is 11.9 Å². The van der Waals surface area contributed by atoms with Crippen LogP contribution in [0.2, 0.25) is 5.02 Å². The third kappa shape index (κ3) is 4.23. The van der Waals surface area contributed by atoms with E-state index in [1.165, 1.54) is 0 Å². The summed E-state index contributed by atoms with van der Waals surface area (Å²) < 4.78 is 1.86. The molecule has 3 rings (SSSR count). The van der Waals surface area contributed by atoms with Gasteiger partial charge in [0.05, 0.1) is 6.04 Å². The minimum absolute atomic E-state index is 0.0367. The minimum Gasteiger partial charge on any atom is -0.354 e. The van der Waals surface area contributed by atoms with Gasteiger partial charge < -0.3 is 5.32 Å². The van der Waals surface area contributed by atoms with Gasteiger partial charge >= 0.3 is 0 Å². The predicted molar refractivity (Wildman–Crippen MR) is 91.3 cm³/mol. The maximum Gasteiger partial charge on any atom is 0.220 e. The van der Waals surface area contributed by atoms with E-state index in [1.807, 2.05) is 41.2 Å². The lowest BCUT2D eigenvalue weighted by Gasteiger charge is -2.19. The normalized spacial score (nSPS) is 18.0. The molecule has 1 N–H and O–H groups in total. The summed E-state index contributed by atoms with van der Waals surface area (Å²) in [7, 11) is 0. The van der Waals surface area contributed by atoms with Gasteiger partial charge in [0, 0.05) is 30.4 Å². The van der Waals surface area contributed by atoms with Crippen molar-refractivity contribution in [2.24, 2.45) is 5.92 Å². The first-order chi connectivity index (χ1) is 11.2. The Morgan fingerprint density at radius 2 is 2.22 bits per heavy atom. The topological polar surface area (TPSA) is 46.9 Å². The van der Waals surface area contributed by atoms with E-state index in [4.69, 9.17) is 11.6 Å². The van der Waals surface area contributed by atoms with Crippen LogP contribution < -0.4 is 5.32 Å². The third-order valence-corrected chi connectivity index (χ3v) is 4.40. The van der Waals surface area contributed by atoms with Crippen molar-refractivity contribution in [1.82, 2.24) is 15.1 Å². The van der Waals surface area contributed by atoms with Crippen LogP contribution in [0, 0.1) is 5.92 Å². The second-order valence-electron chi connectivity index (χ2n) is 5.83. The van der Waals surface area contributed by atoms with Crippen LogP contribution >= 0.6 is 11.6 Å². The van der Waals surface area contributed by atoms with Gasteiger partial charge in [-0.15, -0.1) is 0 Å². The summed E-state index contributed by atoms with van der Waals surface area (Å²) in [4.78, 5) is 12.2. The second kappa shape index (κ2) is 7.47. The number of nitrogens with one attached hydrogen (secondary N) is 1. The maximum absolute atomic E-state index is 12.2. The van der Waals surface area contributed by atoms with Crippen LogP contribution in [-0.4, -0.2) is 22.2 Å². The number of rotatable bonds is 6. The molecule has 1 heterocycles. The molecule has 2 atom stereocenters. The monoisotopic (exact) mass is 329 g/mol. The minimum atomic E-state index is -0.0367. The zero-order chi connectivity index (χ0) is 16.1. The smallest absolute Gasteiger partial charge is 0.220 e. The van der Waals surface area contributed by atoms with Gasteiger partial charge in [-0.1, -0.05) is 35.9 Å². The van der Waals surface area contributed by atoms with E-state index in [9.17, 15) is 4.79 Å². The molecule has 0 spiro atoms. The molecule has 1 amide bonds. The molecule has 23 heavy (non-hydrogen) atoms. The number of halogens is 1. The number of hydrogen-bond donors (Lipinski definition) is 1. The molecule has 120 valence electrons. The number of hydrogen-bond acceptors (Lipinski definition) is 2. The zero-order valence-electron chi connectivity index (χ0n) is 12.9. The zero-order valence-corrected chi connectivity index (χ0v) is 13.6. The first kappa shape index (κ1) is 15.8. The van der Waals surface area contributed by atoms with Crippen LogP contribution in [0.4, 0.5) is 0 Å². The highest BCUT2D eigenvalue weighted by Gasteiger charge is 2.18. The molecule has 0 fully saturated rings. The molecule has 0 saturated heterocycles. The third-order valence-electron chi connectivity index (χ3n) is 4.15. The summed E-state index contributed by atoms with van der Waals surface area (Å²) in [6.45, 7) is 0.512. The first-order valence-corrected chi connectivity index (χ1v) is 8.28. The number of nitrogens with zero attached hydrogens (tertiary/aromatic N) is 2. The molecule has 1 aromatic carbocycles. The fraction of sp³-hybridized carbons (Fsp3) is 0.333. The van der Waals surface area contributed by atoms with Gasteiger partial charge in [0.25, 0.3) is 0 Å². The molecular weight excluding hydrogens is 310 g/mol. The van der Waals surface area contributed by atoms with Gasteiger partial charge in [-0.25, -0.2) is 0 Å². The number of aromatic nitrogens is 2. The number of allylic oxidation sites excluding steroid dienone is 2. The lowest BCUT2D eigenvalue weighted by molar-refractivity contribution is -0.121. The van der Waals surface area contributed by atoms with E-state index in [0.717, 1.165) is 18.4 Å². The van der Waals surface area contributed by atoms with Crippen LogP contribution in [0.5, 0.6) is 0 Å². The molecule has 0 aliphatic heterocycles. The summed E-state index contributed by atoms with van der Waals surface area (Å²) in [5.41, 5.74) is 1.07. The first-order valence-electron chi connectivity index (χ1n) is 7.90. The fourth-order valence-electron chi connectivity index (χ4n) is 2.90. The van der Waals surface area contributed by atoms with E-state index in [0.29, 0.717) is 23.9 Å². The van der Waals surface area contributed by atoms with Gasteiger partial charge in [0.15, 0.2) is 0 Å². The quantitative estimate of drug-likeness (QED) is 0.823.